The lowest BCUT2D eigenvalue weighted by molar-refractivity contribution is 0.181. The molecule has 19 heavy (non-hydrogen) atoms. The van der Waals surface area contributed by atoms with E-state index in [1.807, 2.05) is 18.2 Å². The molecule has 1 aliphatic carbocycles. The van der Waals surface area contributed by atoms with Gasteiger partial charge in [-0.05, 0) is 37.0 Å². The third-order valence-corrected chi connectivity index (χ3v) is 3.83. The molecule has 3 N–H and O–H groups in total. The number of hydrogen-bond donors (Lipinski definition) is 2. The first-order valence-electron chi connectivity index (χ1n) is 6.45. The van der Waals surface area contributed by atoms with Crippen LogP contribution in [-0.4, -0.2) is 16.8 Å². The number of ether oxygens (including phenoxy) is 1. The van der Waals surface area contributed by atoms with Crippen LogP contribution in [0.25, 0.3) is 11.1 Å². The van der Waals surface area contributed by atoms with Crippen molar-refractivity contribution in [2.24, 2.45) is 5.92 Å². The Kier molecular flexibility index (Phi) is 3.34. The van der Waals surface area contributed by atoms with Crippen LogP contribution in [-0.2, 0) is 0 Å². The number of nitrogen functional groups attached to an aromatic ring is 1. The highest BCUT2D eigenvalue weighted by Gasteiger charge is 2.19. The minimum Gasteiger partial charge on any atom is -0.493 e. The zero-order valence-electron chi connectivity index (χ0n) is 10.5. The van der Waals surface area contributed by atoms with Gasteiger partial charge in [0.15, 0.2) is 0 Å². The topological polar surface area (TPSA) is 63.9 Å². The molecule has 0 unspecified atom stereocenters. The second-order valence-corrected chi connectivity index (χ2v) is 5.38. The van der Waals surface area contributed by atoms with Crippen LogP contribution >= 0.6 is 11.6 Å². The van der Waals surface area contributed by atoms with Crippen LogP contribution in [0.2, 0.25) is 5.02 Å². The number of aromatic amines is 1. The van der Waals surface area contributed by atoms with Crippen molar-refractivity contribution < 1.29 is 4.74 Å². The molecule has 0 aliphatic heterocycles. The molecule has 100 valence electrons. The van der Waals surface area contributed by atoms with E-state index < -0.39 is 0 Å². The first-order valence-corrected chi connectivity index (χ1v) is 6.83. The monoisotopic (exact) mass is 277 g/mol. The van der Waals surface area contributed by atoms with E-state index >= 15 is 0 Å². The molecular formula is C14H16ClN3O. The van der Waals surface area contributed by atoms with Gasteiger partial charge in [0.25, 0.3) is 0 Å². The molecule has 3 rings (SSSR count). The van der Waals surface area contributed by atoms with Gasteiger partial charge in [0.1, 0.15) is 11.6 Å². The molecule has 1 saturated carbocycles. The number of aromatic nitrogens is 2. The van der Waals surface area contributed by atoms with Crippen LogP contribution in [0.4, 0.5) is 5.82 Å². The summed E-state index contributed by atoms with van der Waals surface area (Å²) in [4.78, 5) is 0. The molecule has 1 aromatic heterocycles. The molecule has 1 aliphatic rings. The molecule has 1 aromatic carbocycles. The Morgan fingerprint density at radius 3 is 2.84 bits per heavy atom. The van der Waals surface area contributed by atoms with Crippen molar-refractivity contribution in [3.63, 3.8) is 0 Å². The minimum atomic E-state index is 0.524. The number of rotatable bonds is 4. The predicted molar refractivity (Wildman–Crippen MR) is 76.3 cm³/mol. The highest BCUT2D eigenvalue weighted by atomic mass is 35.5. The Bertz CT molecular complexity index is 578. The fourth-order valence-electron chi connectivity index (χ4n) is 2.22. The summed E-state index contributed by atoms with van der Waals surface area (Å²) in [6, 6.07) is 5.58. The SMILES string of the molecule is Nc1[nH]ncc1-c1cc(Cl)ccc1OCC1CCC1. The van der Waals surface area contributed by atoms with Crippen molar-refractivity contribution in [3.8, 4) is 16.9 Å². The molecule has 0 atom stereocenters. The van der Waals surface area contributed by atoms with Crippen LogP contribution < -0.4 is 10.5 Å². The second-order valence-electron chi connectivity index (χ2n) is 4.95. The van der Waals surface area contributed by atoms with Gasteiger partial charge in [0.2, 0.25) is 0 Å². The van der Waals surface area contributed by atoms with Gasteiger partial charge in [-0.1, -0.05) is 18.0 Å². The van der Waals surface area contributed by atoms with Crippen molar-refractivity contribution in [2.75, 3.05) is 12.3 Å². The molecule has 4 nitrogen and oxygen atoms in total. The first kappa shape index (κ1) is 12.4. The van der Waals surface area contributed by atoms with E-state index in [9.17, 15) is 0 Å². The third kappa shape index (κ3) is 2.54. The Morgan fingerprint density at radius 2 is 2.21 bits per heavy atom. The average molecular weight is 278 g/mol. The Hall–Kier alpha value is -1.68. The van der Waals surface area contributed by atoms with Gasteiger partial charge in [0, 0.05) is 16.1 Å². The van der Waals surface area contributed by atoms with E-state index in [0.717, 1.165) is 23.5 Å². The predicted octanol–water partition coefficient (Wildman–Crippen LogP) is 3.49. The molecule has 1 fully saturated rings. The maximum atomic E-state index is 6.06. The zero-order chi connectivity index (χ0) is 13.2. The standard InChI is InChI=1S/C14H16ClN3O/c15-10-4-5-13(19-8-9-2-1-3-9)11(6-10)12-7-17-18-14(12)16/h4-7,9H,1-3,8H2,(H3,16,17,18). The maximum Gasteiger partial charge on any atom is 0.127 e. The molecule has 0 amide bonds. The summed E-state index contributed by atoms with van der Waals surface area (Å²) in [7, 11) is 0. The van der Waals surface area contributed by atoms with Gasteiger partial charge in [-0.3, -0.25) is 5.10 Å². The summed E-state index contributed by atoms with van der Waals surface area (Å²) in [5, 5.41) is 7.33. The van der Waals surface area contributed by atoms with Gasteiger partial charge in [0.05, 0.1) is 12.8 Å². The number of benzene rings is 1. The van der Waals surface area contributed by atoms with E-state index in [-0.39, 0.29) is 0 Å². The Morgan fingerprint density at radius 1 is 1.37 bits per heavy atom. The van der Waals surface area contributed by atoms with Gasteiger partial charge in [-0.25, -0.2) is 0 Å². The van der Waals surface area contributed by atoms with Crippen molar-refractivity contribution in [1.82, 2.24) is 10.2 Å². The number of hydrogen-bond acceptors (Lipinski definition) is 3. The summed E-state index contributed by atoms with van der Waals surface area (Å²) < 4.78 is 5.92. The number of H-pyrrole nitrogens is 1. The molecule has 0 radical (unpaired) electrons. The van der Waals surface area contributed by atoms with E-state index in [0.29, 0.717) is 16.8 Å². The number of halogens is 1. The average Bonchev–Trinajstić information content (AvgIpc) is 2.75. The maximum absolute atomic E-state index is 6.06. The first-order chi connectivity index (χ1) is 9.24. The molecule has 0 spiro atoms. The van der Waals surface area contributed by atoms with Crippen molar-refractivity contribution >= 4 is 17.4 Å². The van der Waals surface area contributed by atoms with Gasteiger partial charge < -0.3 is 10.5 Å². The largest absolute Gasteiger partial charge is 0.493 e. The van der Waals surface area contributed by atoms with E-state index in [1.54, 1.807) is 6.20 Å². The highest BCUT2D eigenvalue weighted by molar-refractivity contribution is 6.31. The van der Waals surface area contributed by atoms with Gasteiger partial charge >= 0.3 is 0 Å². The van der Waals surface area contributed by atoms with Gasteiger partial charge in [-0.15, -0.1) is 0 Å². The lowest BCUT2D eigenvalue weighted by Crippen LogP contribution is -2.19. The summed E-state index contributed by atoms with van der Waals surface area (Å²) >= 11 is 6.06. The quantitative estimate of drug-likeness (QED) is 0.899. The zero-order valence-corrected chi connectivity index (χ0v) is 11.3. The van der Waals surface area contributed by atoms with Crippen LogP contribution in [0, 0.1) is 5.92 Å². The van der Waals surface area contributed by atoms with E-state index in [4.69, 9.17) is 22.1 Å². The summed E-state index contributed by atoms with van der Waals surface area (Å²) in [5.74, 6) is 2.02. The lowest BCUT2D eigenvalue weighted by Gasteiger charge is -2.25. The normalized spacial score (nSPS) is 15.2. The van der Waals surface area contributed by atoms with E-state index in [2.05, 4.69) is 10.2 Å². The number of nitrogens with zero attached hydrogens (tertiary/aromatic N) is 1. The minimum absolute atomic E-state index is 0.524. The van der Waals surface area contributed by atoms with Crippen molar-refractivity contribution in [1.29, 1.82) is 0 Å². The molecule has 1 heterocycles. The van der Waals surface area contributed by atoms with E-state index in [1.165, 1.54) is 19.3 Å². The lowest BCUT2D eigenvalue weighted by atomic mass is 9.86. The second kappa shape index (κ2) is 5.13. The number of anilines is 1. The Balaban J connectivity index is 1.88. The van der Waals surface area contributed by atoms with Crippen LogP contribution in [0.1, 0.15) is 19.3 Å². The molecule has 2 aromatic rings. The molecule has 0 bridgehead atoms. The molecular weight excluding hydrogens is 262 g/mol. The van der Waals surface area contributed by atoms with Crippen LogP contribution in [0.3, 0.4) is 0 Å². The van der Waals surface area contributed by atoms with Gasteiger partial charge in [-0.2, -0.15) is 5.10 Å². The Labute approximate surface area is 116 Å². The van der Waals surface area contributed by atoms with Crippen molar-refractivity contribution in [2.45, 2.75) is 19.3 Å². The highest BCUT2D eigenvalue weighted by Crippen LogP contribution is 2.36. The van der Waals surface area contributed by atoms with Crippen LogP contribution in [0.15, 0.2) is 24.4 Å². The smallest absolute Gasteiger partial charge is 0.127 e. The summed E-state index contributed by atoms with van der Waals surface area (Å²) in [6.07, 6.45) is 5.53. The summed E-state index contributed by atoms with van der Waals surface area (Å²) in [6.45, 7) is 0.756. The molecule has 0 saturated heterocycles. The van der Waals surface area contributed by atoms with Crippen molar-refractivity contribution in [3.05, 3.63) is 29.4 Å². The number of nitrogens with one attached hydrogen (secondary N) is 1. The fraction of sp³-hybridized carbons (Fsp3) is 0.357. The summed E-state index contributed by atoms with van der Waals surface area (Å²) in [5.41, 5.74) is 7.58. The fourth-order valence-corrected chi connectivity index (χ4v) is 2.39. The molecule has 5 heteroatoms. The number of nitrogens with two attached hydrogens (primary N) is 1. The third-order valence-electron chi connectivity index (χ3n) is 3.60. The van der Waals surface area contributed by atoms with Crippen LogP contribution in [0.5, 0.6) is 5.75 Å².